The third-order valence-corrected chi connectivity index (χ3v) is 2.13. The van der Waals surface area contributed by atoms with E-state index in [2.05, 4.69) is 6.58 Å². The first-order valence-corrected chi connectivity index (χ1v) is 5.71. The van der Waals surface area contributed by atoms with Crippen LogP contribution in [0.25, 0.3) is 0 Å². The molecule has 98 valence electrons. The summed E-state index contributed by atoms with van der Waals surface area (Å²) < 4.78 is 5.61. The Kier molecular flexibility index (Phi) is 5.82. The quantitative estimate of drug-likeness (QED) is 0.332. The molecule has 0 saturated heterocycles. The van der Waals surface area contributed by atoms with Crippen LogP contribution in [0.3, 0.4) is 0 Å². The van der Waals surface area contributed by atoms with Crippen LogP contribution >= 0.6 is 0 Å². The lowest BCUT2D eigenvalue weighted by Crippen LogP contribution is -1.93. The van der Waals surface area contributed by atoms with Gasteiger partial charge in [-0.3, -0.25) is 10.1 Å². The summed E-state index contributed by atoms with van der Waals surface area (Å²) in [6, 6.07) is 5.92. The third-order valence-electron chi connectivity index (χ3n) is 2.13. The van der Waals surface area contributed by atoms with Gasteiger partial charge < -0.3 is 4.74 Å². The maximum absolute atomic E-state index is 10.5. The van der Waals surface area contributed by atoms with Crippen LogP contribution in [0.1, 0.15) is 6.92 Å². The molecule has 19 heavy (non-hydrogen) atoms. The number of allylic oxidation sites excluding steroid dienone is 6. The van der Waals surface area contributed by atoms with E-state index in [9.17, 15) is 10.1 Å². The van der Waals surface area contributed by atoms with Gasteiger partial charge in [-0.1, -0.05) is 30.9 Å². The van der Waals surface area contributed by atoms with E-state index < -0.39 is 4.92 Å². The van der Waals surface area contributed by atoms with E-state index >= 15 is 0 Å². The van der Waals surface area contributed by atoms with E-state index in [0.29, 0.717) is 11.5 Å². The highest BCUT2D eigenvalue weighted by molar-refractivity contribution is 5.37. The highest BCUT2D eigenvalue weighted by Gasteiger charge is 2.04. The van der Waals surface area contributed by atoms with Gasteiger partial charge in [-0.05, 0) is 31.2 Å². The zero-order valence-electron chi connectivity index (χ0n) is 10.7. The summed E-state index contributed by atoms with van der Waals surface area (Å²) in [6.45, 7) is 5.49. The average molecular weight is 257 g/mol. The van der Waals surface area contributed by atoms with Gasteiger partial charge in [-0.15, -0.1) is 0 Å². The summed E-state index contributed by atoms with van der Waals surface area (Å²) in [5.41, 5.74) is 0.0352. The van der Waals surface area contributed by atoms with Crippen LogP contribution in [0.2, 0.25) is 0 Å². The van der Waals surface area contributed by atoms with Crippen LogP contribution in [0, 0.1) is 10.1 Å². The van der Waals surface area contributed by atoms with E-state index in [1.807, 2.05) is 19.1 Å². The minimum atomic E-state index is -0.446. The maximum atomic E-state index is 10.5. The van der Waals surface area contributed by atoms with Crippen molar-refractivity contribution in [2.45, 2.75) is 6.92 Å². The van der Waals surface area contributed by atoms with Crippen molar-refractivity contribution in [3.05, 3.63) is 83.2 Å². The standard InChI is InChI=1S/C15H15NO3/c1-3-5-7-14(8-6-4-2)19-15-11-9-13(10-12-15)16(17)18/h3-12H,1H2,2H3/b6-4-,7-5-,14-8+. The molecule has 1 rings (SSSR count). The smallest absolute Gasteiger partial charge is 0.269 e. The van der Waals surface area contributed by atoms with E-state index in [1.165, 1.54) is 12.1 Å². The van der Waals surface area contributed by atoms with Gasteiger partial charge in [-0.25, -0.2) is 0 Å². The van der Waals surface area contributed by atoms with Crippen LogP contribution < -0.4 is 4.74 Å². The molecular weight excluding hydrogens is 242 g/mol. The van der Waals surface area contributed by atoms with Crippen molar-refractivity contribution in [2.75, 3.05) is 0 Å². The van der Waals surface area contributed by atoms with E-state index in [4.69, 9.17) is 4.74 Å². The Morgan fingerprint density at radius 3 is 2.53 bits per heavy atom. The molecule has 0 aromatic heterocycles. The monoisotopic (exact) mass is 257 g/mol. The minimum Gasteiger partial charge on any atom is -0.457 e. The first kappa shape index (κ1) is 14.4. The lowest BCUT2D eigenvalue weighted by atomic mass is 10.3. The van der Waals surface area contributed by atoms with Gasteiger partial charge in [0.25, 0.3) is 5.69 Å². The average Bonchev–Trinajstić information content (AvgIpc) is 2.42. The zero-order chi connectivity index (χ0) is 14.1. The number of hydrogen-bond acceptors (Lipinski definition) is 3. The van der Waals surface area contributed by atoms with Gasteiger partial charge in [0.1, 0.15) is 11.5 Å². The summed E-state index contributed by atoms with van der Waals surface area (Å²) >= 11 is 0. The highest BCUT2D eigenvalue weighted by Crippen LogP contribution is 2.19. The molecule has 0 amide bonds. The minimum absolute atomic E-state index is 0.0352. The molecule has 0 atom stereocenters. The molecule has 0 aliphatic rings. The number of rotatable bonds is 6. The Hall–Kier alpha value is -2.62. The molecule has 0 fully saturated rings. The van der Waals surface area contributed by atoms with Crippen LogP contribution in [0.5, 0.6) is 5.75 Å². The molecular formula is C15H15NO3. The third kappa shape index (κ3) is 5.04. The maximum Gasteiger partial charge on any atom is 0.269 e. The molecule has 4 nitrogen and oxygen atoms in total. The number of nitrogens with zero attached hydrogens (tertiary/aromatic N) is 1. The lowest BCUT2D eigenvalue weighted by Gasteiger charge is -2.05. The Morgan fingerprint density at radius 2 is 2.00 bits per heavy atom. The van der Waals surface area contributed by atoms with E-state index in [-0.39, 0.29) is 5.69 Å². The lowest BCUT2D eigenvalue weighted by molar-refractivity contribution is -0.384. The molecule has 0 aliphatic carbocycles. The number of ether oxygens (including phenoxy) is 1. The first-order valence-electron chi connectivity index (χ1n) is 5.71. The largest absolute Gasteiger partial charge is 0.457 e. The van der Waals surface area contributed by atoms with Crippen molar-refractivity contribution < 1.29 is 9.66 Å². The second kappa shape index (κ2) is 7.66. The number of non-ortho nitro benzene ring substituents is 1. The van der Waals surface area contributed by atoms with Gasteiger partial charge in [0.15, 0.2) is 0 Å². The van der Waals surface area contributed by atoms with Gasteiger partial charge in [0, 0.05) is 12.1 Å². The number of nitro groups is 1. The fourth-order valence-electron chi connectivity index (χ4n) is 1.25. The van der Waals surface area contributed by atoms with Crippen LogP contribution in [-0.4, -0.2) is 4.92 Å². The summed E-state index contributed by atoms with van der Waals surface area (Å²) in [7, 11) is 0. The SMILES string of the molecule is C=C\C=C/C(=C\C=C/C)Oc1ccc([N+](=O)[O-])cc1. The molecule has 0 heterocycles. The van der Waals surface area contributed by atoms with Crippen molar-refractivity contribution in [1.82, 2.24) is 0 Å². The number of benzene rings is 1. The van der Waals surface area contributed by atoms with E-state index in [0.717, 1.165) is 0 Å². The van der Waals surface area contributed by atoms with Crippen molar-refractivity contribution in [3.63, 3.8) is 0 Å². The number of nitro benzene ring substituents is 1. The van der Waals surface area contributed by atoms with Crippen LogP contribution in [-0.2, 0) is 0 Å². The van der Waals surface area contributed by atoms with E-state index in [1.54, 1.807) is 36.4 Å². The fraction of sp³-hybridized carbons (Fsp3) is 0.0667. The summed E-state index contributed by atoms with van der Waals surface area (Å²) in [6.07, 6.45) is 10.7. The molecule has 4 heteroatoms. The normalized spacial score (nSPS) is 11.9. The molecule has 0 radical (unpaired) electrons. The topological polar surface area (TPSA) is 52.4 Å². The van der Waals surface area contributed by atoms with Crippen molar-refractivity contribution in [2.24, 2.45) is 0 Å². The Labute approximate surface area is 112 Å². The Bertz CT molecular complexity index is 525. The molecule has 0 spiro atoms. The van der Waals surface area contributed by atoms with Crippen molar-refractivity contribution in [1.29, 1.82) is 0 Å². The van der Waals surface area contributed by atoms with Gasteiger partial charge in [-0.2, -0.15) is 0 Å². The summed E-state index contributed by atoms with van der Waals surface area (Å²) in [4.78, 5) is 10.1. The zero-order valence-corrected chi connectivity index (χ0v) is 10.7. The highest BCUT2D eigenvalue weighted by atomic mass is 16.6. The number of hydrogen-bond donors (Lipinski definition) is 0. The Morgan fingerprint density at radius 1 is 1.32 bits per heavy atom. The van der Waals surface area contributed by atoms with Crippen LogP contribution in [0.4, 0.5) is 5.69 Å². The molecule has 1 aromatic carbocycles. The fourth-order valence-corrected chi connectivity index (χ4v) is 1.25. The van der Waals surface area contributed by atoms with Gasteiger partial charge >= 0.3 is 0 Å². The second-order valence-corrected chi connectivity index (χ2v) is 3.54. The second-order valence-electron chi connectivity index (χ2n) is 3.54. The van der Waals surface area contributed by atoms with Crippen LogP contribution in [0.15, 0.2) is 73.1 Å². The van der Waals surface area contributed by atoms with Crippen molar-refractivity contribution >= 4 is 5.69 Å². The first-order chi connectivity index (χ1) is 9.17. The predicted molar refractivity (Wildman–Crippen MR) is 76.0 cm³/mol. The molecule has 0 bridgehead atoms. The molecule has 1 aromatic rings. The Balaban J connectivity index is 2.87. The molecule has 0 unspecified atom stereocenters. The summed E-state index contributed by atoms with van der Waals surface area (Å²) in [5.74, 6) is 1.15. The van der Waals surface area contributed by atoms with Gasteiger partial charge in [0.2, 0.25) is 0 Å². The molecule has 0 N–H and O–H groups in total. The van der Waals surface area contributed by atoms with Crippen molar-refractivity contribution in [3.8, 4) is 5.75 Å². The molecule has 0 saturated carbocycles. The predicted octanol–water partition coefficient (Wildman–Crippen LogP) is 4.18. The molecule has 0 aliphatic heterocycles. The van der Waals surface area contributed by atoms with Gasteiger partial charge in [0.05, 0.1) is 4.92 Å². The summed E-state index contributed by atoms with van der Waals surface area (Å²) in [5, 5.41) is 10.5.